The van der Waals surface area contributed by atoms with E-state index in [1.807, 2.05) is 55.4 Å². The lowest BCUT2D eigenvalue weighted by molar-refractivity contribution is 1.29. The third-order valence-electron chi connectivity index (χ3n) is 14.0. The zero-order valence-electron chi connectivity index (χ0n) is 52.2. The highest BCUT2D eigenvalue weighted by Gasteiger charge is 2.22. The van der Waals surface area contributed by atoms with Crippen LogP contribution in [-0.2, 0) is 0 Å². The number of aryl methyl sites for hydroxylation is 13. The molecule has 0 aliphatic rings. The molecule has 0 atom stereocenters. The number of pyridine rings is 1. The quantitative estimate of drug-likeness (QED) is 0.149. The SMILES string of the molecule is C.C.C.C.C.Cc1nc2c(C#N)c3sc(C)nc3c(C#N)c2s1.Cc1nc2c(s1)c1nc(C)sc1c1nc(C)sc21.Cc1nc2cc(-c3ccc4nc(C)sc4c3)ccc2s1.Cc1nc2cc3sc(C)nc3cc2s1.Cc1nc2nc3sc(C)nc3cc2s1.Cc1nc2sc(C)nc2s1. The number of fused-ring (bicyclic) bond motifs is 15. The molecule has 14 heterocycles. The molecule has 0 saturated heterocycles. The van der Waals surface area contributed by atoms with Crippen molar-refractivity contribution < 1.29 is 0 Å². The molecule has 0 unspecified atom stereocenters. The molecule has 0 radical (unpaired) electrons. The molecule has 506 valence electrons. The average Bonchev–Trinajstić information content (AvgIpc) is 1.59. The van der Waals surface area contributed by atoms with Crippen LogP contribution in [0.25, 0.3) is 133 Å². The summed E-state index contributed by atoms with van der Waals surface area (Å²) in [4.78, 5) is 65.8. The van der Waals surface area contributed by atoms with Crippen molar-refractivity contribution in [2.24, 2.45) is 0 Å². The van der Waals surface area contributed by atoms with Crippen LogP contribution >= 0.6 is 147 Å². The van der Waals surface area contributed by atoms with Crippen LogP contribution in [-0.4, -0.2) is 69.8 Å². The maximum atomic E-state index is 9.33. The molecule has 5 aromatic carbocycles. The van der Waals surface area contributed by atoms with Gasteiger partial charge in [-0.25, -0.2) is 69.8 Å². The van der Waals surface area contributed by atoms with Crippen molar-refractivity contribution in [3.05, 3.63) is 131 Å². The Morgan fingerprint density at radius 3 is 1.02 bits per heavy atom. The van der Waals surface area contributed by atoms with Crippen molar-refractivity contribution in [3.8, 4) is 23.3 Å². The monoisotopic (exact) mass is 1550 g/mol. The van der Waals surface area contributed by atoms with Gasteiger partial charge in [0, 0.05) is 0 Å². The zero-order valence-corrected chi connectivity index (χ0v) is 62.8. The molecule has 19 aromatic rings. The van der Waals surface area contributed by atoms with Crippen LogP contribution in [0.4, 0.5) is 0 Å². The van der Waals surface area contributed by atoms with E-state index >= 15 is 0 Å². The molecule has 14 aromatic heterocycles. The summed E-state index contributed by atoms with van der Waals surface area (Å²) in [5.74, 6) is 0. The van der Waals surface area contributed by atoms with Gasteiger partial charge in [0.05, 0.1) is 145 Å². The van der Waals surface area contributed by atoms with E-state index in [0.29, 0.717) is 22.2 Å². The van der Waals surface area contributed by atoms with E-state index < -0.39 is 0 Å². The largest absolute Gasteiger partial charge is 0.242 e. The minimum Gasteiger partial charge on any atom is -0.242 e. The van der Waals surface area contributed by atoms with Gasteiger partial charge in [0.15, 0.2) is 15.3 Å². The highest BCUT2D eigenvalue weighted by Crippen LogP contribution is 2.43. The van der Waals surface area contributed by atoms with E-state index in [4.69, 9.17) is 0 Å². The van der Waals surface area contributed by atoms with Crippen molar-refractivity contribution in [1.82, 2.24) is 69.8 Å². The third-order valence-corrected chi connectivity index (χ3v) is 26.4. The Labute approximate surface area is 624 Å². The fourth-order valence-electron chi connectivity index (χ4n) is 10.5. The summed E-state index contributed by atoms with van der Waals surface area (Å²) in [6, 6.07) is 23.7. The van der Waals surface area contributed by atoms with E-state index in [1.54, 1.807) is 125 Å². The molecule has 0 N–H and O–H groups in total. The number of nitrogens with zero attached hydrogens (tertiary/aromatic N) is 16. The van der Waals surface area contributed by atoms with Gasteiger partial charge in [0.1, 0.15) is 50.1 Å². The van der Waals surface area contributed by atoms with Gasteiger partial charge in [-0.2, -0.15) is 10.5 Å². The molecule has 19 rings (SSSR count). The van der Waals surface area contributed by atoms with Crippen LogP contribution in [0.5, 0.6) is 0 Å². The molecule has 0 saturated carbocycles. The van der Waals surface area contributed by atoms with Crippen LogP contribution in [0.2, 0.25) is 0 Å². The summed E-state index contributed by atoms with van der Waals surface area (Å²) in [6.45, 7) is 26.1. The van der Waals surface area contributed by atoms with E-state index in [9.17, 15) is 10.5 Å². The van der Waals surface area contributed by atoms with Crippen LogP contribution in [0.15, 0.2) is 54.6 Å². The number of benzene rings is 5. The van der Waals surface area contributed by atoms with Crippen molar-refractivity contribution in [2.45, 2.75) is 127 Å². The molecule has 0 aliphatic carbocycles. The molecular formula is C70H68N16S13. The second-order valence-corrected chi connectivity index (χ2v) is 37.0. The number of thiazole rings is 13. The minimum atomic E-state index is 0. The fraction of sp³-hybridized carbons (Fsp3) is 0.257. The van der Waals surface area contributed by atoms with Gasteiger partial charge in [-0.05, 0) is 144 Å². The minimum absolute atomic E-state index is 0. The van der Waals surface area contributed by atoms with Crippen molar-refractivity contribution >= 4 is 270 Å². The first-order valence-corrected chi connectivity index (χ1v) is 39.3. The van der Waals surface area contributed by atoms with Crippen molar-refractivity contribution in [2.75, 3.05) is 0 Å². The van der Waals surface area contributed by atoms with Gasteiger partial charge in [-0.1, -0.05) is 83.3 Å². The molecule has 16 nitrogen and oxygen atoms in total. The molecule has 0 amide bonds. The molecule has 0 aliphatic heterocycles. The number of hydrogen-bond donors (Lipinski definition) is 0. The van der Waals surface area contributed by atoms with Gasteiger partial charge < -0.3 is 0 Å². The Balaban J connectivity index is 0.000000139. The first-order chi connectivity index (χ1) is 45.2. The average molecular weight is 1550 g/mol. The Bertz CT molecular complexity index is 5450. The lowest BCUT2D eigenvalue weighted by Gasteiger charge is -2.01. The van der Waals surface area contributed by atoms with Crippen LogP contribution in [0.1, 0.15) is 113 Å². The lowest BCUT2D eigenvalue weighted by Crippen LogP contribution is -1.85. The molecule has 29 heteroatoms. The number of nitriles is 2. The zero-order chi connectivity index (χ0) is 65.5. The van der Waals surface area contributed by atoms with Crippen LogP contribution in [0.3, 0.4) is 0 Å². The molecule has 0 bridgehead atoms. The summed E-state index contributed by atoms with van der Waals surface area (Å²) < 4.78 is 11.3. The highest BCUT2D eigenvalue weighted by atomic mass is 32.1. The summed E-state index contributed by atoms with van der Waals surface area (Å²) in [5.41, 5.74) is 14.2. The number of rotatable bonds is 1. The van der Waals surface area contributed by atoms with Gasteiger partial charge in [-0.15, -0.1) is 113 Å². The third kappa shape index (κ3) is 15.4. The van der Waals surface area contributed by atoms with Crippen LogP contribution in [0, 0.1) is 113 Å². The first kappa shape index (κ1) is 75.7. The van der Waals surface area contributed by atoms with E-state index in [0.717, 1.165) is 143 Å². The normalized spacial score (nSPS) is 10.9. The molecular weight excluding hydrogens is 1480 g/mol. The topological polar surface area (TPSA) is 228 Å². The Morgan fingerprint density at radius 2 is 0.556 bits per heavy atom. The molecule has 99 heavy (non-hydrogen) atoms. The van der Waals surface area contributed by atoms with Crippen molar-refractivity contribution in [3.63, 3.8) is 0 Å². The van der Waals surface area contributed by atoms with Gasteiger partial charge in [0.2, 0.25) is 0 Å². The predicted octanol–water partition coefficient (Wildman–Crippen LogP) is 24.9. The molecule has 0 spiro atoms. The Kier molecular flexibility index (Phi) is 23.6. The summed E-state index contributed by atoms with van der Waals surface area (Å²) >= 11 is 21.6. The maximum Gasteiger partial charge on any atom is 0.172 e. The molecule has 0 fully saturated rings. The number of aromatic nitrogens is 14. The Morgan fingerprint density at radius 1 is 0.242 bits per heavy atom. The van der Waals surface area contributed by atoms with Gasteiger partial charge in [-0.3, -0.25) is 0 Å². The summed E-state index contributed by atoms with van der Waals surface area (Å²) in [5, 5.41) is 32.4. The predicted molar refractivity (Wildman–Crippen MR) is 440 cm³/mol. The van der Waals surface area contributed by atoms with E-state index in [1.165, 1.54) is 66.7 Å². The summed E-state index contributed by atoms with van der Waals surface area (Å²) in [7, 11) is 0. The van der Waals surface area contributed by atoms with E-state index in [-0.39, 0.29) is 37.1 Å². The van der Waals surface area contributed by atoms with Gasteiger partial charge >= 0.3 is 0 Å². The lowest BCUT2D eigenvalue weighted by atomic mass is 10.1. The smallest absolute Gasteiger partial charge is 0.172 e. The first-order valence-electron chi connectivity index (χ1n) is 28.7. The second-order valence-electron chi connectivity index (χ2n) is 21.3. The van der Waals surface area contributed by atoms with Crippen LogP contribution < -0.4 is 0 Å². The van der Waals surface area contributed by atoms with E-state index in [2.05, 4.69) is 171 Å². The summed E-state index contributed by atoms with van der Waals surface area (Å²) in [6.07, 6.45) is 0. The van der Waals surface area contributed by atoms with Gasteiger partial charge in [0.25, 0.3) is 0 Å². The fourth-order valence-corrected chi connectivity index (χ4v) is 22.0. The highest BCUT2D eigenvalue weighted by molar-refractivity contribution is 7.27. The second kappa shape index (κ2) is 30.8. The Hall–Kier alpha value is -7.46. The standard InChI is InChI=1S/C16H12N2S2.C12H6N4S2.C12H9N3S3.C10H8N2S2.C9H7N3S2.C6H6N2S2.5CH4/c1-9-17-13-5-3-12(8-16(13)20-9)11-4-6-15-14(7-11)18-10(2)19-15;1-5-15-9-7(3-13)12-10(16-6(2)18-12)8(4-14)11(9)17-5;1-4-13-7-10(16-4)8-12(18-5(2)14-8)9-11(7)17-6(3)15-9;1-5-11-7-3-10-8(4-9(7)13-5)12-6(2)14-10;1-4-10-6-3-7-8(11-5(2)13-7)12-9(6)14-4;1-3-7-5-6(9-3)8-4(2)10-5;;;;;/h3-8H,1-2H3;1-2H3;1-3H3;3-4H,1-2H3;3H,1-2H3;1-2H3;5*1H4. The van der Waals surface area contributed by atoms with Crippen molar-refractivity contribution in [1.29, 1.82) is 10.5 Å². The maximum absolute atomic E-state index is 9.33. The number of hydrogen-bond acceptors (Lipinski definition) is 29.